The van der Waals surface area contributed by atoms with E-state index in [-0.39, 0.29) is 0 Å². The molecule has 0 aromatic rings. The molecule has 3 heteroatoms. The molecule has 13 heavy (non-hydrogen) atoms. The zero-order valence-electron chi connectivity index (χ0n) is 8.17. The SMILES string of the molecule is CCCCCCCCC#CS(=O)[O-]. The van der Waals surface area contributed by atoms with Gasteiger partial charge in [-0.3, -0.25) is 4.21 Å². The van der Waals surface area contributed by atoms with Crippen molar-refractivity contribution in [2.45, 2.75) is 51.9 Å². The van der Waals surface area contributed by atoms with Gasteiger partial charge in [0.2, 0.25) is 0 Å². The summed E-state index contributed by atoms with van der Waals surface area (Å²) in [5.41, 5.74) is 0. The van der Waals surface area contributed by atoms with Crippen LogP contribution in [0.3, 0.4) is 0 Å². The monoisotopic (exact) mass is 201 g/mol. The van der Waals surface area contributed by atoms with Crippen LogP contribution in [-0.2, 0) is 11.1 Å². The molecule has 0 saturated carbocycles. The van der Waals surface area contributed by atoms with E-state index in [9.17, 15) is 8.76 Å². The highest BCUT2D eigenvalue weighted by Crippen LogP contribution is 2.05. The van der Waals surface area contributed by atoms with Crippen molar-refractivity contribution in [1.29, 1.82) is 0 Å². The Hall–Kier alpha value is -0.330. The molecule has 0 aliphatic rings. The molecule has 0 aromatic carbocycles. The molecule has 0 radical (unpaired) electrons. The van der Waals surface area contributed by atoms with Crippen molar-refractivity contribution in [3.63, 3.8) is 0 Å². The summed E-state index contributed by atoms with van der Waals surface area (Å²) in [7, 11) is 0. The molecule has 0 fully saturated rings. The Bertz CT molecular complexity index is 191. The molecular formula is C10H17O2S-. The van der Waals surface area contributed by atoms with E-state index in [2.05, 4.69) is 18.1 Å². The highest BCUT2D eigenvalue weighted by Gasteiger charge is 1.87. The predicted molar refractivity (Wildman–Crippen MR) is 54.7 cm³/mol. The first-order chi connectivity index (χ1) is 6.27. The maximum atomic E-state index is 10.00. The van der Waals surface area contributed by atoms with E-state index < -0.39 is 11.1 Å². The average Bonchev–Trinajstić information content (AvgIpc) is 2.09. The van der Waals surface area contributed by atoms with Crippen molar-refractivity contribution in [2.24, 2.45) is 0 Å². The second-order valence-electron chi connectivity index (χ2n) is 3.03. The molecule has 0 saturated heterocycles. The second kappa shape index (κ2) is 9.76. The fraction of sp³-hybridized carbons (Fsp3) is 0.800. The van der Waals surface area contributed by atoms with Crippen molar-refractivity contribution in [3.8, 4) is 11.2 Å². The Kier molecular flexibility index (Phi) is 9.51. The lowest BCUT2D eigenvalue weighted by Gasteiger charge is -1.96. The highest BCUT2D eigenvalue weighted by atomic mass is 32.2. The molecule has 2 nitrogen and oxygen atoms in total. The van der Waals surface area contributed by atoms with Gasteiger partial charge >= 0.3 is 0 Å². The first kappa shape index (κ1) is 12.7. The summed E-state index contributed by atoms with van der Waals surface area (Å²) in [6.07, 6.45) is 7.99. The summed E-state index contributed by atoms with van der Waals surface area (Å²) in [5.74, 6) is 2.61. The van der Waals surface area contributed by atoms with Gasteiger partial charge in [-0.2, -0.15) is 0 Å². The summed E-state index contributed by atoms with van der Waals surface area (Å²) in [6, 6.07) is 0. The smallest absolute Gasteiger partial charge is 0.0247 e. The standard InChI is InChI=1S/C10H18O2S/c1-2-3-4-5-6-7-8-9-10-13(11)12/h2-8H2,1H3,(H,11,12)/p-1. The number of unbranched alkanes of at least 4 members (excludes halogenated alkanes) is 6. The minimum Gasteiger partial charge on any atom is -0.762 e. The average molecular weight is 201 g/mol. The Morgan fingerprint density at radius 3 is 2.38 bits per heavy atom. The molecule has 0 rings (SSSR count). The lowest BCUT2D eigenvalue weighted by Crippen LogP contribution is -1.80. The van der Waals surface area contributed by atoms with E-state index in [1.54, 1.807) is 0 Å². The van der Waals surface area contributed by atoms with Gasteiger partial charge in [0.05, 0.1) is 0 Å². The summed E-state index contributed by atoms with van der Waals surface area (Å²) >= 11 is -2.19. The normalized spacial score (nSPS) is 11.8. The van der Waals surface area contributed by atoms with E-state index in [4.69, 9.17) is 0 Å². The summed E-state index contributed by atoms with van der Waals surface area (Å²) in [5, 5.41) is 2.11. The highest BCUT2D eigenvalue weighted by molar-refractivity contribution is 7.84. The van der Waals surface area contributed by atoms with Crippen LogP contribution in [0.25, 0.3) is 0 Å². The van der Waals surface area contributed by atoms with Crippen LogP contribution in [0.2, 0.25) is 0 Å². The Labute approximate surface area is 83.4 Å². The molecule has 1 atom stereocenters. The number of rotatable bonds is 6. The Balaban J connectivity index is 3.09. The van der Waals surface area contributed by atoms with Gasteiger partial charge in [0.1, 0.15) is 0 Å². The predicted octanol–water partition coefficient (Wildman–Crippen LogP) is 2.58. The molecule has 0 aliphatic heterocycles. The molecule has 76 valence electrons. The molecule has 0 bridgehead atoms. The molecule has 0 spiro atoms. The Morgan fingerprint density at radius 2 is 1.77 bits per heavy atom. The Morgan fingerprint density at radius 1 is 1.15 bits per heavy atom. The summed E-state index contributed by atoms with van der Waals surface area (Å²) < 4.78 is 20.0. The fourth-order valence-electron chi connectivity index (χ4n) is 1.10. The molecule has 0 aromatic heterocycles. The van der Waals surface area contributed by atoms with Crippen LogP contribution >= 0.6 is 0 Å². The maximum absolute atomic E-state index is 10.00. The molecule has 0 N–H and O–H groups in total. The van der Waals surface area contributed by atoms with Gasteiger partial charge in [-0.25, -0.2) is 0 Å². The third-order valence-electron chi connectivity index (χ3n) is 1.81. The third kappa shape index (κ3) is 11.7. The lowest BCUT2D eigenvalue weighted by molar-refractivity contribution is 0.548. The van der Waals surface area contributed by atoms with Gasteiger partial charge in [-0.15, -0.1) is 0 Å². The molecule has 0 heterocycles. The van der Waals surface area contributed by atoms with E-state index in [0.29, 0.717) is 6.42 Å². The van der Waals surface area contributed by atoms with Crippen LogP contribution < -0.4 is 0 Å². The first-order valence-corrected chi connectivity index (χ1v) is 5.92. The van der Waals surface area contributed by atoms with Crippen molar-refractivity contribution in [2.75, 3.05) is 0 Å². The van der Waals surface area contributed by atoms with E-state index in [0.717, 1.165) is 6.42 Å². The summed E-state index contributed by atoms with van der Waals surface area (Å²) in [4.78, 5) is 0. The van der Waals surface area contributed by atoms with Crippen LogP contribution in [-0.4, -0.2) is 8.76 Å². The van der Waals surface area contributed by atoms with Crippen molar-refractivity contribution in [1.82, 2.24) is 0 Å². The summed E-state index contributed by atoms with van der Waals surface area (Å²) in [6.45, 7) is 2.19. The first-order valence-electron chi connectivity index (χ1n) is 4.85. The van der Waals surface area contributed by atoms with Gasteiger partial charge < -0.3 is 4.55 Å². The zero-order chi connectivity index (χ0) is 9.94. The van der Waals surface area contributed by atoms with Crippen molar-refractivity contribution >= 4 is 11.1 Å². The van der Waals surface area contributed by atoms with Crippen LogP contribution in [0, 0.1) is 11.2 Å². The van der Waals surface area contributed by atoms with Crippen molar-refractivity contribution in [3.05, 3.63) is 0 Å². The van der Waals surface area contributed by atoms with Crippen LogP contribution in [0.5, 0.6) is 0 Å². The van der Waals surface area contributed by atoms with Crippen LogP contribution in [0.15, 0.2) is 0 Å². The third-order valence-corrected chi connectivity index (χ3v) is 2.12. The quantitative estimate of drug-likeness (QED) is 0.376. The van der Waals surface area contributed by atoms with E-state index in [1.165, 1.54) is 32.1 Å². The van der Waals surface area contributed by atoms with Crippen molar-refractivity contribution < 1.29 is 8.76 Å². The van der Waals surface area contributed by atoms with Gasteiger partial charge in [0.25, 0.3) is 0 Å². The molecular weight excluding hydrogens is 184 g/mol. The van der Waals surface area contributed by atoms with Crippen LogP contribution in [0.4, 0.5) is 0 Å². The second-order valence-corrected chi connectivity index (χ2v) is 3.70. The largest absolute Gasteiger partial charge is 0.762 e. The zero-order valence-corrected chi connectivity index (χ0v) is 8.99. The van der Waals surface area contributed by atoms with Gasteiger partial charge in [0.15, 0.2) is 0 Å². The minimum absolute atomic E-state index is 0.708. The van der Waals surface area contributed by atoms with Gasteiger partial charge in [-0.05, 0) is 11.7 Å². The van der Waals surface area contributed by atoms with Crippen LogP contribution in [0.1, 0.15) is 51.9 Å². The topological polar surface area (TPSA) is 40.1 Å². The number of hydrogen-bond acceptors (Lipinski definition) is 2. The van der Waals surface area contributed by atoms with Gasteiger partial charge in [-0.1, -0.05) is 44.9 Å². The number of hydrogen-bond donors (Lipinski definition) is 0. The molecule has 0 amide bonds. The molecule has 0 aliphatic carbocycles. The maximum Gasteiger partial charge on any atom is 0.0247 e. The minimum atomic E-state index is -2.19. The lowest BCUT2D eigenvalue weighted by atomic mass is 10.1. The van der Waals surface area contributed by atoms with E-state index in [1.807, 2.05) is 0 Å². The van der Waals surface area contributed by atoms with E-state index >= 15 is 0 Å². The van der Waals surface area contributed by atoms with Gasteiger partial charge in [0, 0.05) is 17.5 Å². The fourth-order valence-corrected chi connectivity index (χ4v) is 1.32. The molecule has 1 unspecified atom stereocenters.